The van der Waals surface area contributed by atoms with Gasteiger partial charge in [-0.2, -0.15) is 5.10 Å². The monoisotopic (exact) mass is 299 g/mol. The summed E-state index contributed by atoms with van der Waals surface area (Å²) in [4.78, 5) is 11.8. The molecule has 0 unspecified atom stereocenters. The van der Waals surface area contributed by atoms with Gasteiger partial charge in [0.05, 0.1) is 25.0 Å². The Balaban J connectivity index is 1.83. The first-order valence-electron chi connectivity index (χ1n) is 7.32. The minimum atomic E-state index is -0.360. The van der Waals surface area contributed by atoms with Gasteiger partial charge in [0.15, 0.2) is 0 Å². The van der Waals surface area contributed by atoms with Crippen LogP contribution >= 0.6 is 11.6 Å². The number of halogens is 1. The van der Waals surface area contributed by atoms with Gasteiger partial charge in [-0.15, -0.1) is 0 Å². The van der Waals surface area contributed by atoms with Crippen LogP contribution in [0.1, 0.15) is 38.5 Å². The Bertz CT molecular complexity index is 484. The number of anilines is 1. The molecule has 0 bridgehead atoms. The number of aliphatic hydroxyl groups is 1. The van der Waals surface area contributed by atoms with Gasteiger partial charge in [0.25, 0.3) is 5.56 Å². The maximum absolute atomic E-state index is 11.8. The molecule has 1 heterocycles. The number of hydrogen-bond acceptors (Lipinski definition) is 4. The van der Waals surface area contributed by atoms with Gasteiger partial charge in [0, 0.05) is 6.54 Å². The Kier molecular flexibility index (Phi) is 5.86. The molecule has 6 heteroatoms. The third-order valence-corrected chi connectivity index (χ3v) is 4.24. The molecule has 5 nitrogen and oxygen atoms in total. The van der Waals surface area contributed by atoms with Crippen LogP contribution in [0.25, 0.3) is 0 Å². The Hall–Kier alpha value is -1.07. The molecule has 0 amide bonds. The summed E-state index contributed by atoms with van der Waals surface area (Å²) in [7, 11) is 0. The Labute approximate surface area is 124 Å². The fourth-order valence-corrected chi connectivity index (χ4v) is 2.97. The first kappa shape index (κ1) is 15.3. The zero-order chi connectivity index (χ0) is 14.4. The van der Waals surface area contributed by atoms with Gasteiger partial charge in [0.1, 0.15) is 5.02 Å². The van der Waals surface area contributed by atoms with Crippen LogP contribution in [0.2, 0.25) is 5.02 Å². The molecule has 0 radical (unpaired) electrons. The van der Waals surface area contributed by atoms with E-state index in [0.29, 0.717) is 5.69 Å². The SMILES string of the molecule is O=c1c(Cl)c(NCCCC2CCCC2)cnn1CCO. The summed E-state index contributed by atoms with van der Waals surface area (Å²) in [6.45, 7) is 0.846. The van der Waals surface area contributed by atoms with Gasteiger partial charge < -0.3 is 10.4 Å². The summed E-state index contributed by atoms with van der Waals surface area (Å²) in [6, 6.07) is 0. The van der Waals surface area contributed by atoms with Crippen molar-refractivity contribution in [3.05, 3.63) is 21.6 Å². The second kappa shape index (κ2) is 7.64. The summed E-state index contributed by atoms with van der Waals surface area (Å²) in [5, 5.41) is 16.1. The number of hydrogen-bond donors (Lipinski definition) is 2. The molecule has 1 aliphatic rings. The third-order valence-electron chi connectivity index (χ3n) is 3.88. The van der Waals surface area contributed by atoms with Crippen molar-refractivity contribution in [2.45, 2.75) is 45.1 Å². The van der Waals surface area contributed by atoms with Gasteiger partial charge >= 0.3 is 0 Å². The van der Waals surface area contributed by atoms with Crippen molar-refractivity contribution in [3.63, 3.8) is 0 Å². The lowest BCUT2D eigenvalue weighted by atomic mass is 10.0. The summed E-state index contributed by atoms with van der Waals surface area (Å²) in [5.74, 6) is 0.878. The average molecular weight is 300 g/mol. The van der Waals surface area contributed by atoms with Crippen LogP contribution in [0.15, 0.2) is 11.0 Å². The standard InChI is InChI=1S/C14H22ClN3O2/c15-13-12(10-17-18(8-9-19)14(13)20)16-7-3-6-11-4-1-2-5-11/h10-11,16,19H,1-9H2. The van der Waals surface area contributed by atoms with E-state index >= 15 is 0 Å². The van der Waals surface area contributed by atoms with Crippen molar-refractivity contribution in [2.75, 3.05) is 18.5 Å². The molecule has 0 aliphatic heterocycles. The lowest BCUT2D eigenvalue weighted by Gasteiger charge is -2.11. The number of rotatable bonds is 7. The molecule has 0 spiro atoms. The Morgan fingerprint density at radius 2 is 2.20 bits per heavy atom. The molecule has 1 aliphatic carbocycles. The van der Waals surface area contributed by atoms with Crippen molar-refractivity contribution in [3.8, 4) is 0 Å². The molecular weight excluding hydrogens is 278 g/mol. The number of aliphatic hydroxyl groups excluding tert-OH is 1. The van der Waals surface area contributed by atoms with E-state index in [2.05, 4.69) is 10.4 Å². The van der Waals surface area contributed by atoms with Gasteiger partial charge in [0.2, 0.25) is 0 Å². The second-order valence-corrected chi connectivity index (χ2v) is 5.72. The predicted octanol–water partition coefficient (Wildman–Crippen LogP) is 2.27. The summed E-state index contributed by atoms with van der Waals surface area (Å²) < 4.78 is 1.17. The highest BCUT2D eigenvalue weighted by Gasteiger charge is 2.14. The quantitative estimate of drug-likeness (QED) is 0.758. The molecule has 0 aromatic carbocycles. The molecular formula is C14H22ClN3O2. The molecule has 2 rings (SSSR count). The van der Waals surface area contributed by atoms with E-state index < -0.39 is 0 Å². The highest BCUT2D eigenvalue weighted by Crippen LogP contribution is 2.28. The van der Waals surface area contributed by atoms with E-state index in [1.165, 1.54) is 36.8 Å². The molecule has 1 saturated carbocycles. The van der Waals surface area contributed by atoms with Crippen LogP contribution in [0.3, 0.4) is 0 Å². The van der Waals surface area contributed by atoms with Crippen molar-refractivity contribution in [2.24, 2.45) is 5.92 Å². The molecule has 0 atom stereocenters. The van der Waals surface area contributed by atoms with Crippen molar-refractivity contribution >= 4 is 17.3 Å². The minimum Gasteiger partial charge on any atom is -0.394 e. The van der Waals surface area contributed by atoms with Crippen LogP contribution in [0.4, 0.5) is 5.69 Å². The lowest BCUT2D eigenvalue weighted by Crippen LogP contribution is -2.25. The van der Waals surface area contributed by atoms with Crippen LogP contribution in [-0.2, 0) is 6.54 Å². The smallest absolute Gasteiger partial charge is 0.287 e. The summed E-state index contributed by atoms with van der Waals surface area (Å²) in [6.07, 6.45) is 9.34. The summed E-state index contributed by atoms with van der Waals surface area (Å²) in [5.41, 5.74) is 0.221. The largest absolute Gasteiger partial charge is 0.394 e. The molecule has 1 fully saturated rings. The maximum Gasteiger partial charge on any atom is 0.287 e. The topological polar surface area (TPSA) is 67.2 Å². The molecule has 20 heavy (non-hydrogen) atoms. The van der Waals surface area contributed by atoms with E-state index in [0.717, 1.165) is 18.9 Å². The van der Waals surface area contributed by atoms with Crippen LogP contribution in [0.5, 0.6) is 0 Å². The van der Waals surface area contributed by atoms with E-state index in [1.807, 2.05) is 0 Å². The number of aromatic nitrogens is 2. The Morgan fingerprint density at radius 3 is 2.90 bits per heavy atom. The molecule has 2 N–H and O–H groups in total. The average Bonchev–Trinajstić information content (AvgIpc) is 2.95. The first-order chi connectivity index (χ1) is 9.72. The maximum atomic E-state index is 11.8. The molecule has 112 valence electrons. The van der Waals surface area contributed by atoms with E-state index in [-0.39, 0.29) is 23.7 Å². The number of nitrogens with one attached hydrogen (secondary N) is 1. The van der Waals surface area contributed by atoms with E-state index in [9.17, 15) is 4.79 Å². The van der Waals surface area contributed by atoms with Gasteiger partial charge in [-0.3, -0.25) is 4.79 Å². The first-order valence-corrected chi connectivity index (χ1v) is 7.70. The van der Waals surface area contributed by atoms with Crippen molar-refractivity contribution < 1.29 is 5.11 Å². The highest BCUT2D eigenvalue weighted by atomic mass is 35.5. The lowest BCUT2D eigenvalue weighted by molar-refractivity contribution is 0.266. The van der Waals surface area contributed by atoms with Gasteiger partial charge in [-0.25, -0.2) is 4.68 Å². The molecule has 1 aromatic heterocycles. The van der Waals surface area contributed by atoms with Crippen molar-refractivity contribution in [1.29, 1.82) is 0 Å². The normalized spacial score (nSPS) is 15.7. The van der Waals surface area contributed by atoms with E-state index in [1.54, 1.807) is 6.20 Å². The predicted molar refractivity (Wildman–Crippen MR) is 80.3 cm³/mol. The Morgan fingerprint density at radius 1 is 1.45 bits per heavy atom. The number of nitrogens with zero attached hydrogens (tertiary/aromatic N) is 2. The minimum absolute atomic E-state index is 0.128. The van der Waals surface area contributed by atoms with Gasteiger partial charge in [-0.05, 0) is 18.8 Å². The summed E-state index contributed by atoms with van der Waals surface area (Å²) >= 11 is 6.02. The van der Waals surface area contributed by atoms with E-state index in [4.69, 9.17) is 16.7 Å². The highest BCUT2D eigenvalue weighted by molar-refractivity contribution is 6.32. The zero-order valence-corrected chi connectivity index (χ0v) is 12.4. The molecule has 0 saturated heterocycles. The van der Waals surface area contributed by atoms with Gasteiger partial charge in [-0.1, -0.05) is 37.3 Å². The van der Waals surface area contributed by atoms with Crippen molar-refractivity contribution in [1.82, 2.24) is 9.78 Å². The fraction of sp³-hybridized carbons (Fsp3) is 0.714. The second-order valence-electron chi connectivity index (χ2n) is 5.34. The third kappa shape index (κ3) is 3.96. The molecule has 1 aromatic rings. The van der Waals surface area contributed by atoms with Crippen LogP contribution in [0, 0.1) is 5.92 Å². The van der Waals surface area contributed by atoms with Crippen LogP contribution in [-0.4, -0.2) is 28.0 Å². The fourth-order valence-electron chi connectivity index (χ4n) is 2.76. The zero-order valence-electron chi connectivity index (χ0n) is 11.6. The van der Waals surface area contributed by atoms with Crippen LogP contribution < -0.4 is 10.9 Å².